The van der Waals surface area contributed by atoms with Gasteiger partial charge in [-0.1, -0.05) is 13.3 Å². The molecular weight excluding hydrogens is 414 g/mol. The molecule has 0 saturated carbocycles. The summed E-state index contributed by atoms with van der Waals surface area (Å²) < 4.78 is 10.3. The molecule has 4 rings (SSSR count). The molecule has 1 N–H and O–H groups in total. The van der Waals surface area contributed by atoms with Crippen LogP contribution in [0, 0.1) is 6.92 Å². The minimum atomic E-state index is -0.561. The van der Waals surface area contributed by atoms with Crippen LogP contribution in [-0.2, 0) is 31.5 Å². The van der Waals surface area contributed by atoms with Crippen LogP contribution in [0.5, 0.6) is 0 Å². The van der Waals surface area contributed by atoms with E-state index in [1.54, 1.807) is 22.4 Å². The van der Waals surface area contributed by atoms with E-state index in [1.807, 2.05) is 20.8 Å². The Morgan fingerprint density at radius 1 is 1.19 bits per heavy atom. The SMILES string of the molecule is CCCCn1c(=O)[nH]c(=O)c2c1nc(COC(=O)c1cnc3c(c1)c(C)nn3C)n2CC. The monoisotopic (exact) mass is 439 g/mol. The summed E-state index contributed by atoms with van der Waals surface area (Å²) in [5, 5.41) is 5.08. The Bertz CT molecular complexity index is 1440. The van der Waals surface area contributed by atoms with Gasteiger partial charge in [-0.05, 0) is 26.3 Å². The van der Waals surface area contributed by atoms with Crippen LogP contribution in [0.15, 0.2) is 21.9 Å². The highest BCUT2D eigenvalue weighted by molar-refractivity contribution is 5.93. The Hall–Kier alpha value is -3.76. The first-order chi connectivity index (χ1) is 15.3. The quantitative estimate of drug-likeness (QED) is 0.433. The molecule has 0 aliphatic carbocycles. The molecule has 0 aliphatic rings. The lowest BCUT2D eigenvalue weighted by molar-refractivity contribution is 0.0458. The van der Waals surface area contributed by atoms with Crippen molar-refractivity contribution < 1.29 is 9.53 Å². The maximum atomic E-state index is 12.7. The van der Waals surface area contributed by atoms with Crippen LogP contribution in [0.1, 0.15) is 48.6 Å². The number of aryl methyl sites for hydroxylation is 4. The van der Waals surface area contributed by atoms with Gasteiger partial charge in [-0.2, -0.15) is 5.10 Å². The first kappa shape index (κ1) is 21.5. The molecule has 0 spiro atoms. The van der Waals surface area contributed by atoms with Crippen LogP contribution in [0.2, 0.25) is 0 Å². The van der Waals surface area contributed by atoms with Gasteiger partial charge in [0.2, 0.25) is 0 Å². The van der Waals surface area contributed by atoms with E-state index in [0.717, 1.165) is 23.9 Å². The maximum absolute atomic E-state index is 12.7. The zero-order valence-electron chi connectivity index (χ0n) is 18.5. The van der Waals surface area contributed by atoms with E-state index in [4.69, 9.17) is 4.74 Å². The standard InChI is InChI=1S/C21H25N7O4/c1-5-7-8-28-18-16(19(29)24-21(28)31)27(6-2)15(23-18)11-32-20(30)13-9-14-12(3)25-26(4)17(14)22-10-13/h9-10H,5-8,11H2,1-4H3,(H,24,29,31). The number of hydrogen-bond acceptors (Lipinski definition) is 7. The molecule has 11 nitrogen and oxygen atoms in total. The molecule has 11 heteroatoms. The fourth-order valence-corrected chi connectivity index (χ4v) is 3.83. The van der Waals surface area contributed by atoms with Crippen molar-refractivity contribution in [3.05, 3.63) is 50.2 Å². The largest absolute Gasteiger partial charge is 0.454 e. The van der Waals surface area contributed by atoms with Crippen molar-refractivity contribution in [2.75, 3.05) is 0 Å². The lowest BCUT2D eigenvalue weighted by atomic mass is 10.2. The predicted octanol–water partition coefficient (Wildman–Crippen LogP) is 1.65. The van der Waals surface area contributed by atoms with Gasteiger partial charge in [0.25, 0.3) is 5.56 Å². The van der Waals surface area contributed by atoms with E-state index in [-0.39, 0.29) is 6.61 Å². The molecule has 0 atom stereocenters. The van der Waals surface area contributed by atoms with Crippen molar-refractivity contribution >= 4 is 28.2 Å². The average Bonchev–Trinajstić information content (AvgIpc) is 3.28. The summed E-state index contributed by atoms with van der Waals surface area (Å²) in [7, 11) is 1.79. The van der Waals surface area contributed by atoms with Gasteiger partial charge in [0.05, 0.1) is 11.3 Å². The Balaban J connectivity index is 1.66. The Labute approximate surface area is 182 Å². The van der Waals surface area contributed by atoms with Gasteiger partial charge < -0.3 is 9.30 Å². The van der Waals surface area contributed by atoms with Crippen LogP contribution < -0.4 is 11.2 Å². The Kier molecular flexibility index (Phi) is 5.64. The van der Waals surface area contributed by atoms with Crippen molar-refractivity contribution in [2.45, 2.75) is 53.3 Å². The van der Waals surface area contributed by atoms with Crippen molar-refractivity contribution in [3.63, 3.8) is 0 Å². The smallest absolute Gasteiger partial charge is 0.340 e. The van der Waals surface area contributed by atoms with Gasteiger partial charge in [-0.25, -0.2) is 19.6 Å². The van der Waals surface area contributed by atoms with Gasteiger partial charge >= 0.3 is 11.7 Å². The number of fused-ring (bicyclic) bond motifs is 2. The van der Waals surface area contributed by atoms with E-state index < -0.39 is 17.2 Å². The van der Waals surface area contributed by atoms with Gasteiger partial charge in [-0.3, -0.25) is 19.0 Å². The molecule has 0 aromatic carbocycles. The number of ether oxygens (including phenoxy) is 1. The number of hydrogen-bond donors (Lipinski definition) is 1. The molecular formula is C21H25N7O4. The highest BCUT2D eigenvalue weighted by Crippen LogP contribution is 2.18. The number of esters is 1. The van der Waals surface area contributed by atoms with E-state index in [1.165, 1.54) is 10.8 Å². The van der Waals surface area contributed by atoms with E-state index in [9.17, 15) is 14.4 Å². The molecule has 0 aliphatic heterocycles. The van der Waals surface area contributed by atoms with Crippen molar-refractivity contribution in [3.8, 4) is 0 Å². The van der Waals surface area contributed by atoms with Crippen molar-refractivity contribution in [2.24, 2.45) is 7.05 Å². The summed E-state index contributed by atoms with van der Waals surface area (Å²) in [5.74, 6) is -0.168. The number of unbranched alkanes of at least 4 members (excludes halogenated alkanes) is 1. The third-order valence-corrected chi connectivity index (χ3v) is 5.45. The molecule has 0 radical (unpaired) electrons. The molecule has 0 saturated heterocycles. The molecule has 32 heavy (non-hydrogen) atoms. The lowest BCUT2D eigenvalue weighted by Crippen LogP contribution is -2.31. The van der Waals surface area contributed by atoms with Crippen LogP contribution in [0.25, 0.3) is 22.2 Å². The van der Waals surface area contributed by atoms with E-state index >= 15 is 0 Å². The zero-order chi connectivity index (χ0) is 23.0. The van der Waals surface area contributed by atoms with E-state index in [0.29, 0.717) is 41.3 Å². The maximum Gasteiger partial charge on any atom is 0.340 e. The van der Waals surface area contributed by atoms with Crippen LogP contribution >= 0.6 is 0 Å². The normalized spacial score (nSPS) is 11.5. The number of carbonyl (C=O) groups is 1. The summed E-state index contributed by atoms with van der Waals surface area (Å²) in [6.07, 6.45) is 3.11. The topological polar surface area (TPSA) is 130 Å². The van der Waals surface area contributed by atoms with Gasteiger partial charge in [0.1, 0.15) is 12.4 Å². The lowest BCUT2D eigenvalue weighted by Gasteiger charge is -2.07. The third kappa shape index (κ3) is 3.59. The predicted molar refractivity (Wildman–Crippen MR) is 118 cm³/mol. The van der Waals surface area contributed by atoms with Gasteiger partial charge in [0.15, 0.2) is 16.8 Å². The Morgan fingerprint density at radius 3 is 2.69 bits per heavy atom. The summed E-state index contributed by atoms with van der Waals surface area (Å²) in [6.45, 7) is 6.45. The number of pyridine rings is 1. The number of aromatic amines is 1. The minimum Gasteiger partial charge on any atom is -0.454 e. The first-order valence-electron chi connectivity index (χ1n) is 10.5. The molecule has 0 unspecified atom stereocenters. The number of nitrogens with one attached hydrogen (secondary N) is 1. The molecule has 4 heterocycles. The zero-order valence-corrected chi connectivity index (χ0v) is 18.5. The second-order valence-electron chi connectivity index (χ2n) is 7.59. The molecule has 4 aromatic rings. The van der Waals surface area contributed by atoms with E-state index in [2.05, 4.69) is 20.1 Å². The number of nitrogens with zero attached hydrogens (tertiary/aromatic N) is 6. The minimum absolute atomic E-state index is 0.146. The Morgan fingerprint density at radius 2 is 1.97 bits per heavy atom. The molecule has 168 valence electrons. The second kappa shape index (κ2) is 8.40. The van der Waals surface area contributed by atoms with Gasteiger partial charge in [-0.15, -0.1) is 0 Å². The molecule has 4 aromatic heterocycles. The van der Waals surface area contributed by atoms with Crippen LogP contribution in [0.3, 0.4) is 0 Å². The first-order valence-corrected chi connectivity index (χ1v) is 10.5. The molecule has 0 amide bonds. The highest BCUT2D eigenvalue weighted by atomic mass is 16.5. The summed E-state index contributed by atoms with van der Waals surface area (Å²) in [5.41, 5.74) is 1.33. The number of carbonyl (C=O) groups excluding carboxylic acids is 1. The number of rotatable bonds is 7. The van der Waals surface area contributed by atoms with Gasteiger partial charge in [0, 0.05) is 31.7 Å². The second-order valence-corrected chi connectivity index (χ2v) is 7.59. The highest BCUT2D eigenvalue weighted by Gasteiger charge is 2.19. The van der Waals surface area contributed by atoms with Crippen LogP contribution in [0.4, 0.5) is 0 Å². The average molecular weight is 439 g/mol. The van der Waals surface area contributed by atoms with Crippen LogP contribution in [-0.4, -0.2) is 39.8 Å². The number of imidazole rings is 1. The van der Waals surface area contributed by atoms with Crippen molar-refractivity contribution in [1.29, 1.82) is 0 Å². The fraction of sp³-hybridized carbons (Fsp3) is 0.429. The molecule has 0 bridgehead atoms. The van der Waals surface area contributed by atoms with Crippen molar-refractivity contribution in [1.82, 2.24) is 33.9 Å². The fourth-order valence-electron chi connectivity index (χ4n) is 3.83. The summed E-state index contributed by atoms with van der Waals surface area (Å²) in [4.78, 5) is 48.6. The summed E-state index contributed by atoms with van der Waals surface area (Å²) >= 11 is 0. The number of aromatic nitrogens is 7. The summed E-state index contributed by atoms with van der Waals surface area (Å²) in [6, 6.07) is 1.70. The molecule has 0 fully saturated rings. The third-order valence-electron chi connectivity index (χ3n) is 5.45. The number of H-pyrrole nitrogens is 1.